The van der Waals surface area contributed by atoms with E-state index >= 15 is 0 Å². The lowest BCUT2D eigenvalue weighted by atomic mass is 10.1. The van der Waals surface area contributed by atoms with Gasteiger partial charge >= 0.3 is 0 Å². The number of rotatable bonds is 6. The van der Waals surface area contributed by atoms with Crippen molar-refractivity contribution in [3.05, 3.63) is 87.3 Å². The maximum Gasteiger partial charge on any atom is 0.274 e. The molecule has 142 valence electrons. The molecule has 0 aliphatic carbocycles. The highest BCUT2D eigenvalue weighted by Crippen LogP contribution is 2.15. The second-order valence-electron chi connectivity index (χ2n) is 6.79. The molecule has 0 fully saturated rings. The fourth-order valence-corrected chi connectivity index (χ4v) is 2.92. The molecule has 3 N–H and O–H groups in total. The van der Waals surface area contributed by atoms with E-state index in [-0.39, 0.29) is 5.56 Å². The van der Waals surface area contributed by atoms with E-state index in [1.165, 1.54) is 21.7 Å². The summed E-state index contributed by atoms with van der Waals surface area (Å²) in [5.41, 5.74) is 5.04. The van der Waals surface area contributed by atoms with E-state index in [4.69, 9.17) is 0 Å². The van der Waals surface area contributed by atoms with E-state index in [1.807, 2.05) is 36.4 Å². The summed E-state index contributed by atoms with van der Waals surface area (Å²) in [5, 5.41) is 9.44. The van der Waals surface area contributed by atoms with Gasteiger partial charge in [-0.25, -0.2) is 4.98 Å². The highest BCUT2D eigenvalue weighted by atomic mass is 16.1. The number of fused-ring (bicyclic) bond motifs is 1. The number of H-pyrrole nitrogens is 1. The molecule has 0 bridgehead atoms. The Kier molecular flexibility index (Phi) is 4.80. The van der Waals surface area contributed by atoms with Gasteiger partial charge in [-0.15, -0.1) is 0 Å². The van der Waals surface area contributed by atoms with Crippen molar-refractivity contribution in [2.45, 2.75) is 26.9 Å². The zero-order chi connectivity index (χ0) is 19.5. The van der Waals surface area contributed by atoms with Crippen LogP contribution in [0.25, 0.3) is 5.78 Å². The third kappa shape index (κ3) is 3.88. The number of aromatic amines is 1. The SMILES string of the molecule is Cc1ccc(NCc2cc(=O)n3[nH]c(NCc4ccccc4)nc3n2)cc1C. The van der Waals surface area contributed by atoms with Crippen LogP contribution >= 0.6 is 0 Å². The van der Waals surface area contributed by atoms with Crippen LogP contribution in [0.15, 0.2) is 59.4 Å². The van der Waals surface area contributed by atoms with Crippen molar-refractivity contribution < 1.29 is 0 Å². The highest BCUT2D eigenvalue weighted by Gasteiger charge is 2.08. The Morgan fingerprint density at radius 3 is 2.54 bits per heavy atom. The first-order valence-electron chi connectivity index (χ1n) is 9.16. The van der Waals surface area contributed by atoms with E-state index in [9.17, 15) is 4.79 Å². The first-order valence-corrected chi connectivity index (χ1v) is 9.16. The lowest BCUT2D eigenvalue weighted by Gasteiger charge is -2.08. The number of hydrogen-bond acceptors (Lipinski definition) is 5. The monoisotopic (exact) mass is 374 g/mol. The summed E-state index contributed by atoms with van der Waals surface area (Å²) >= 11 is 0. The van der Waals surface area contributed by atoms with Gasteiger partial charge in [-0.1, -0.05) is 36.4 Å². The lowest BCUT2D eigenvalue weighted by molar-refractivity contribution is 0.874. The van der Waals surface area contributed by atoms with Gasteiger partial charge in [0.25, 0.3) is 11.3 Å². The molecule has 0 amide bonds. The molecule has 2 aromatic heterocycles. The van der Waals surface area contributed by atoms with E-state index in [0.717, 1.165) is 11.3 Å². The third-order valence-electron chi connectivity index (χ3n) is 4.67. The standard InChI is InChI=1S/C21H22N6O/c1-14-8-9-17(10-15(14)2)22-13-18-11-19(28)27-21(24-18)25-20(26-27)23-12-16-6-4-3-5-7-16/h3-11,22H,12-13H2,1-2H3,(H2,23,24,25,26). The second-order valence-corrected chi connectivity index (χ2v) is 6.79. The zero-order valence-electron chi connectivity index (χ0n) is 15.9. The summed E-state index contributed by atoms with van der Waals surface area (Å²) in [7, 11) is 0. The van der Waals surface area contributed by atoms with Gasteiger partial charge in [0, 0.05) is 18.3 Å². The van der Waals surface area contributed by atoms with Gasteiger partial charge in [0.05, 0.1) is 12.2 Å². The fraction of sp³-hybridized carbons (Fsp3) is 0.190. The molecule has 0 spiro atoms. The van der Waals surface area contributed by atoms with Crippen LogP contribution in [0.5, 0.6) is 0 Å². The highest BCUT2D eigenvalue weighted by molar-refractivity contribution is 5.48. The number of hydrogen-bond donors (Lipinski definition) is 3. The molecule has 2 aromatic carbocycles. The molecule has 0 saturated carbocycles. The summed E-state index contributed by atoms with van der Waals surface area (Å²) in [4.78, 5) is 21.3. The lowest BCUT2D eigenvalue weighted by Crippen LogP contribution is -2.17. The van der Waals surface area contributed by atoms with Gasteiger partial charge in [-0.05, 0) is 42.7 Å². The minimum atomic E-state index is -0.192. The number of nitrogens with one attached hydrogen (secondary N) is 3. The quantitative estimate of drug-likeness (QED) is 0.482. The summed E-state index contributed by atoms with van der Waals surface area (Å²) < 4.78 is 1.34. The second kappa shape index (κ2) is 7.56. The van der Waals surface area contributed by atoms with Gasteiger partial charge < -0.3 is 10.6 Å². The number of nitrogens with zero attached hydrogens (tertiary/aromatic N) is 3. The molecule has 0 aliphatic heterocycles. The Bertz CT molecular complexity index is 1160. The van der Waals surface area contributed by atoms with Gasteiger partial charge in [-0.3, -0.25) is 9.89 Å². The molecule has 0 atom stereocenters. The Labute approximate surface area is 162 Å². The van der Waals surface area contributed by atoms with Gasteiger partial charge in [0.15, 0.2) is 0 Å². The molecule has 4 aromatic rings. The largest absolute Gasteiger partial charge is 0.379 e. The molecule has 7 nitrogen and oxygen atoms in total. The normalized spacial score (nSPS) is 10.9. The first kappa shape index (κ1) is 17.8. The smallest absolute Gasteiger partial charge is 0.274 e. The molecule has 0 saturated heterocycles. The third-order valence-corrected chi connectivity index (χ3v) is 4.67. The van der Waals surface area contributed by atoms with Crippen LogP contribution < -0.4 is 16.2 Å². The van der Waals surface area contributed by atoms with Crippen molar-refractivity contribution in [3.8, 4) is 0 Å². The van der Waals surface area contributed by atoms with Gasteiger partial charge in [0.1, 0.15) is 0 Å². The summed E-state index contributed by atoms with van der Waals surface area (Å²) in [6, 6.07) is 17.7. The van der Waals surface area contributed by atoms with Gasteiger partial charge in [0.2, 0.25) is 5.95 Å². The number of anilines is 2. The molecule has 0 unspecified atom stereocenters. The fourth-order valence-electron chi connectivity index (χ4n) is 2.92. The van der Waals surface area contributed by atoms with Crippen molar-refractivity contribution in [3.63, 3.8) is 0 Å². The summed E-state index contributed by atoms with van der Waals surface area (Å²) in [6.07, 6.45) is 0. The molecule has 0 radical (unpaired) electrons. The van der Waals surface area contributed by atoms with Crippen molar-refractivity contribution >= 4 is 17.4 Å². The minimum Gasteiger partial charge on any atom is -0.379 e. The molecule has 2 heterocycles. The Balaban J connectivity index is 1.49. The van der Waals surface area contributed by atoms with E-state index in [1.54, 1.807) is 0 Å². The van der Waals surface area contributed by atoms with Gasteiger partial charge in [-0.2, -0.15) is 9.50 Å². The molecule has 0 aliphatic rings. The van der Waals surface area contributed by atoms with Crippen molar-refractivity contribution in [1.82, 2.24) is 19.6 Å². The van der Waals surface area contributed by atoms with E-state index in [0.29, 0.717) is 30.5 Å². The van der Waals surface area contributed by atoms with Crippen LogP contribution in [0.3, 0.4) is 0 Å². The average molecular weight is 374 g/mol. The Morgan fingerprint density at radius 2 is 1.75 bits per heavy atom. The number of benzene rings is 2. The van der Waals surface area contributed by atoms with Crippen LogP contribution in [0.1, 0.15) is 22.4 Å². The van der Waals surface area contributed by atoms with Crippen molar-refractivity contribution in [2.24, 2.45) is 0 Å². The zero-order valence-corrected chi connectivity index (χ0v) is 15.9. The van der Waals surface area contributed by atoms with Crippen molar-refractivity contribution in [2.75, 3.05) is 10.6 Å². The van der Waals surface area contributed by atoms with Crippen LogP contribution in [0.4, 0.5) is 11.6 Å². The summed E-state index contributed by atoms with van der Waals surface area (Å²) in [5.74, 6) is 0.854. The molecular weight excluding hydrogens is 352 g/mol. The van der Waals surface area contributed by atoms with Crippen LogP contribution in [0, 0.1) is 13.8 Å². The minimum absolute atomic E-state index is 0.192. The predicted octanol–water partition coefficient (Wildman–Crippen LogP) is 3.26. The maximum absolute atomic E-state index is 12.4. The first-order chi connectivity index (χ1) is 13.6. The Hall–Kier alpha value is -3.61. The number of aryl methyl sites for hydroxylation is 2. The van der Waals surface area contributed by atoms with Crippen molar-refractivity contribution in [1.29, 1.82) is 0 Å². The molecule has 7 heteroatoms. The van der Waals surface area contributed by atoms with Crippen LogP contribution in [0.2, 0.25) is 0 Å². The maximum atomic E-state index is 12.4. The average Bonchev–Trinajstić information content (AvgIpc) is 3.12. The molecular formula is C21H22N6O. The topological polar surface area (TPSA) is 87.1 Å². The Morgan fingerprint density at radius 1 is 0.929 bits per heavy atom. The predicted molar refractivity (Wildman–Crippen MR) is 111 cm³/mol. The number of aromatic nitrogens is 4. The summed E-state index contributed by atoms with van der Waals surface area (Å²) in [6.45, 7) is 5.21. The van der Waals surface area contributed by atoms with E-state index < -0.39 is 0 Å². The van der Waals surface area contributed by atoms with E-state index in [2.05, 4.69) is 51.7 Å². The van der Waals surface area contributed by atoms with Crippen LogP contribution in [-0.2, 0) is 13.1 Å². The molecule has 28 heavy (non-hydrogen) atoms. The van der Waals surface area contributed by atoms with Crippen LogP contribution in [-0.4, -0.2) is 19.6 Å². The molecule has 4 rings (SSSR count).